The van der Waals surface area contributed by atoms with Crippen molar-refractivity contribution in [3.8, 4) is 11.4 Å². The van der Waals surface area contributed by atoms with Crippen molar-refractivity contribution in [2.45, 2.75) is 0 Å². The number of hydrogen-bond acceptors (Lipinski definition) is 2. The Morgan fingerprint density at radius 2 is 1.78 bits per heavy atom. The van der Waals surface area contributed by atoms with Gasteiger partial charge in [-0.2, -0.15) is 0 Å². The third-order valence-electron chi connectivity index (χ3n) is 4.03. The number of aromatic amines is 1. The number of rotatable bonds is 3. The first-order chi connectivity index (χ1) is 13.0. The van der Waals surface area contributed by atoms with Crippen molar-refractivity contribution in [3.63, 3.8) is 0 Å². The Bertz CT molecular complexity index is 1160. The van der Waals surface area contributed by atoms with Crippen molar-refractivity contribution in [2.75, 3.05) is 5.32 Å². The molecule has 27 heavy (non-hydrogen) atoms. The van der Waals surface area contributed by atoms with Crippen molar-refractivity contribution in [1.29, 1.82) is 0 Å². The van der Waals surface area contributed by atoms with E-state index in [1.54, 1.807) is 36.4 Å². The predicted molar refractivity (Wildman–Crippen MR) is 106 cm³/mol. The monoisotopic (exact) mass is 399 g/mol. The molecule has 134 valence electrons. The normalized spacial score (nSPS) is 10.9. The van der Waals surface area contributed by atoms with E-state index in [0.717, 1.165) is 5.56 Å². The number of anilines is 1. The smallest absolute Gasteiger partial charge is 0.255 e. The molecule has 1 amide bonds. The summed E-state index contributed by atoms with van der Waals surface area (Å²) in [7, 11) is 0. The molecule has 1 heterocycles. The van der Waals surface area contributed by atoms with Crippen molar-refractivity contribution in [3.05, 3.63) is 82.1 Å². The lowest BCUT2D eigenvalue weighted by atomic mass is 10.2. The van der Waals surface area contributed by atoms with E-state index in [2.05, 4.69) is 15.3 Å². The second kappa shape index (κ2) is 7.02. The molecular formula is C20H12Cl2FN3O. The molecule has 1 aromatic heterocycles. The minimum atomic E-state index is -0.361. The van der Waals surface area contributed by atoms with Gasteiger partial charge < -0.3 is 10.3 Å². The van der Waals surface area contributed by atoms with Gasteiger partial charge in [0.15, 0.2) is 0 Å². The molecule has 0 radical (unpaired) electrons. The van der Waals surface area contributed by atoms with E-state index in [-0.39, 0.29) is 11.7 Å². The zero-order valence-electron chi connectivity index (χ0n) is 13.8. The quantitative estimate of drug-likeness (QED) is 0.448. The zero-order valence-corrected chi connectivity index (χ0v) is 15.3. The number of carbonyl (C=O) groups excluding carboxylic acids is 1. The SMILES string of the molecule is O=C(Nc1ccc(F)cc1)c1ccc2nc(-c3ccc(Cl)cc3Cl)[nH]c2c1. The summed E-state index contributed by atoms with van der Waals surface area (Å²) in [5.74, 6) is -0.0767. The van der Waals surface area contributed by atoms with Gasteiger partial charge in [-0.05, 0) is 60.7 Å². The van der Waals surface area contributed by atoms with Crippen LogP contribution in [0.15, 0.2) is 60.7 Å². The number of hydrogen-bond donors (Lipinski definition) is 2. The van der Waals surface area contributed by atoms with E-state index < -0.39 is 0 Å². The van der Waals surface area contributed by atoms with Crippen molar-refractivity contribution >= 4 is 45.8 Å². The lowest BCUT2D eigenvalue weighted by Crippen LogP contribution is -2.11. The molecular weight excluding hydrogens is 388 g/mol. The van der Waals surface area contributed by atoms with Crippen LogP contribution in [0.3, 0.4) is 0 Å². The van der Waals surface area contributed by atoms with Gasteiger partial charge in [0, 0.05) is 21.8 Å². The molecule has 2 N–H and O–H groups in total. The molecule has 4 aromatic rings. The highest BCUT2D eigenvalue weighted by Crippen LogP contribution is 2.30. The number of amides is 1. The van der Waals surface area contributed by atoms with E-state index >= 15 is 0 Å². The molecule has 7 heteroatoms. The number of H-pyrrole nitrogens is 1. The number of nitrogens with one attached hydrogen (secondary N) is 2. The average molecular weight is 400 g/mol. The first kappa shape index (κ1) is 17.5. The number of aromatic nitrogens is 2. The van der Waals surface area contributed by atoms with Gasteiger partial charge in [0.2, 0.25) is 0 Å². The molecule has 0 saturated heterocycles. The summed E-state index contributed by atoms with van der Waals surface area (Å²) in [6, 6.07) is 15.9. The molecule has 4 nitrogen and oxygen atoms in total. The van der Waals surface area contributed by atoms with Crippen LogP contribution < -0.4 is 5.32 Å². The van der Waals surface area contributed by atoms with Gasteiger partial charge in [-0.25, -0.2) is 9.37 Å². The third-order valence-corrected chi connectivity index (χ3v) is 4.58. The molecule has 0 unspecified atom stereocenters. The summed E-state index contributed by atoms with van der Waals surface area (Å²) >= 11 is 12.2. The number of fused-ring (bicyclic) bond motifs is 1. The fourth-order valence-electron chi connectivity index (χ4n) is 2.70. The highest BCUT2D eigenvalue weighted by Gasteiger charge is 2.12. The summed E-state index contributed by atoms with van der Waals surface area (Å²) in [5, 5.41) is 3.75. The van der Waals surface area contributed by atoms with Crippen LogP contribution in [-0.4, -0.2) is 15.9 Å². The van der Waals surface area contributed by atoms with Gasteiger partial charge in [-0.15, -0.1) is 0 Å². The van der Waals surface area contributed by atoms with Crippen LogP contribution in [0.1, 0.15) is 10.4 Å². The van der Waals surface area contributed by atoms with E-state index in [9.17, 15) is 9.18 Å². The van der Waals surface area contributed by atoms with Gasteiger partial charge >= 0.3 is 0 Å². The minimum Gasteiger partial charge on any atom is -0.338 e. The van der Waals surface area contributed by atoms with Crippen LogP contribution in [-0.2, 0) is 0 Å². The molecule has 0 atom stereocenters. The van der Waals surface area contributed by atoms with Gasteiger partial charge in [0.1, 0.15) is 11.6 Å². The highest BCUT2D eigenvalue weighted by atomic mass is 35.5. The molecule has 0 aliphatic rings. The predicted octanol–water partition coefficient (Wildman–Crippen LogP) is 5.93. The standard InChI is InChI=1S/C20H12Cl2FN3O/c21-12-2-7-15(16(22)10-12)19-25-17-8-1-11(9-18(17)26-19)20(27)24-14-5-3-13(23)4-6-14/h1-10H,(H,24,27)(H,25,26). The van der Waals surface area contributed by atoms with Crippen LogP contribution >= 0.6 is 23.2 Å². The molecule has 0 aliphatic carbocycles. The Morgan fingerprint density at radius 3 is 2.52 bits per heavy atom. The van der Waals surface area contributed by atoms with E-state index in [0.29, 0.717) is 38.2 Å². The largest absolute Gasteiger partial charge is 0.338 e. The molecule has 0 saturated carbocycles. The minimum absolute atomic E-state index is 0.302. The highest BCUT2D eigenvalue weighted by molar-refractivity contribution is 6.36. The van der Waals surface area contributed by atoms with Gasteiger partial charge in [0.25, 0.3) is 5.91 Å². The number of carbonyl (C=O) groups is 1. The Labute approximate surface area is 164 Å². The fraction of sp³-hybridized carbons (Fsp3) is 0. The summed E-state index contributed by atoms with van der Waals surface area (Å²) in [5.41, 5.74) is 3.08. The summed E-state index contributed by atoms with van der Waals surface area (Å²) < 4.78 is 13.0. The summed E-state index contributed by atoms with van der Waals surface area (Å²) in [6.45, 7) is 0. The Balaban J connectivity index is 1.64. The van der Waals surface area contributed by atoms with Crippen LogP contribution in [0.5, 0.6) is 0 Å². The molecule has 0 bridgehead atoms. The van der Waals surface area contributed by atoms with Gasteiger partial charge in [-0.3, -0.25) is 4.79 Å². The van der Waals surface area contributed by atoms with E-state index in [1.165, 1.54) is 24.3 Å². The summed E-state index contributed by atoms with van der Waals surface area (Å²) in [4.78, 5) is 20.1. The van der Waals surface area contributed by atoms with Crippen LogP contribution in [0.25, 0.3) is 22.4 Å². The fourth-order valence-corrected chi connectivity index (χ4v) is 3.19. The molecule has 4 rings (SSSR count). The third kappa shape index (κ3) is 3.65. The maximum Gasteiger partial charge on any atom is 0.255 e. The van der Waals surface area contributed by atoms with Crippen molar-refractivity contribution in [1.82, 2.24) is 9.97 Å². The lowest BCUT2D eigenvalue weighted by molar-refractivity contribution is 0.102. The Hall–Kier alpha value is -2.89. The van der Waals surface area contributed by atoms with Crippen molar-refractivity contribution in [2.24, 2.45) is 0 Å². The van der Waals surface area contributed by atoms with E-state index in [4.69, 9.17) is 23.2 Å². The van der Waals surface area contributed by atoms with Crippen LogP contribution in [0.2, 0.25) is 10.0 Å². The maximum atomic E-state index is 13.0. The van der Waals surface area contributed by atoms with E-state index in [1.807, 2.05) is 0 Å². The zero-order chi connectivity index (χ0) is 19.0. The Kier molecular flexibility index (Phi) is 4.56. The number of nitrogens with zero attached hydrogens (tertiary/aromatic N) is 1. The maximum absolute atomic E-state index is 13.0. The topological polar surface area (TPSA) is 57.8 Å². The molecule has 0 fully saturated rings. The Morgan fingerprint density at radius 1 is 1.00 bits per heavy atom. The van der Waals surface area contributed by atoms with Crippen molar-refractivity contribution < 1.29 is 9.18 Å². The molecule has 0 spiro atoms. The number of halogens is 3. The van der Waals surface area contributed by atoms with Crippen LogP contribution in [0, 0.1) is 5.82 Å². The number of benzene rings is 3. The molecule has 3 aromatic carbocycles. The van der Waals surface area contributed by atoms with Crippen LogP contribution in [0.4, 0.5) is 10.1 Å². The second-order valence-corrected chi connectivity index (χ2v) is 6.75. The second-order valence-electron chi connectivity index (χ2n) is 5.90. The average Bonchev–Trinajstić information content (AvgIpc) is 3.06. The van der Waals surface area contributed by atoms with Gasteiger partial charge in [0.05, 0.1) is 16.1 Å². The first-order valence-corrected chi connectivity index (χ1v) is 8.77. The lowest BCUT2D eigenvalue weighted by Gasteiger charge is -2.05. The van der Waals surface area contributed by atoms with Gasteiger partial charge in [-0.1, -0.05) is 23.2 Å². The first-order valence-electron chi connectivity index (χ1n) is 8.02. The number of imidazole rings is 1. The molecule has 0 aliphatic heterocycles. The summed E-state index contributed by atoms with van der Waals surface area (Å²) in [6.07, 6.45) is 0.